The van der Waals surface area contributed by atoms with Crippen LogP contribution in [0.15, 0.2) is 85.3 Å². The van der Waals surface area contributed by atoms with Gasteiger partial charge in [-0.2, -0.15) is 0 Å². The van der Waals surface area contributed by atoms with Gasteiger partial charge in [-0.15, -0.1) is 0 Å². The molecule has 0 saturated heterocycles. The number of carbonyl (C=O) groups is 2. The zero-order valence-electron chi connectivity index (χ0n) is 23.6. The summed E-state index contributed by atoms with van der Waals surface area (Å²) in [5.74, 6) is -0.390. The highest BCUT2D eigenvalue weighted by Crippen LogP contribution is 2.17. The monoisotopic (exact) mass is 542 g/mol. The summed E-state index contributed by atoms with van der Waals surface area (Å²) >= 11 is 0. The van der Waals surface area contributed by atoms with Crippen LogP contribution in [0.2, 0.25) is 0 Å². The van der Waals surface area contributed by atoms with Crippen LogP contribution >= 0.6 is 0 Å². The first-order chi connectivity index (χ1) is 19.2. The van der Waals surface area contributed by atoms with E-state index in [4.69, 9.17) is 9.47 Å². The molecule has 3 aromatic carbocycles. The number of ether oxygens (including phenoxy) is 2. The SMILES string of the molecule is COC(=O)C(Cc1cn(Cc2ccccc2)cn1)NCC(Cc1ccc2ccccc2c1)NC(=O)OC(C)(C)C. The molecule has 0 bridgehead atoms. The second kappa shape index (κ2) is 13.3. The molecule has 2 unspecified atom stereocenters. The van der Waals surface area contributed by atoms with E-state index < -0.39 is 17.7 Å². The Bertz CT molecular complexity index is 1410. The van der Waals surface area contributed by atoms with Crippen LogP contribution in [0.4, 0.5) is 4.79 Å². The Hall–Kier alpha value is -4.17. The molecule has 4 aromatic rings. The number of fused-ring (bicyclic) bond motifs is 1. The highest BCUT2D eigenvalue weighted by Gasteiger charge is 2.24. The standard InChI is InChI=1S/C32H38N4O4/c1-32(2,3)40-31(38)35-27(17-24-14-15-25-12-8-9-13-26(25)16-24)19-33-29(30(37)39-4)18-28-21-36(22-34-28)20-23-10-6-5-7-11-23/h5-16,21-22,27,29,33H,17-20H2,1-4H3,(H,35,38). The van der Waals surface area contributed by atoms with Crippen LogP contribution in [0.25, 0.3) is 10.8 Å². The Labute approximate surface area is 235 Å². The number of carbonyl (C=O) groups excluding carboxylic acids is 2. The third kappa shape index (κ3) is 8.68. The van der Waals surface area contributed by atoms with E-state index in [9.17, 15) is 9.59 Å². The minimum Gasteiger partial charge on any atom is -0.468 e. The van der Waals surface area contributed by atoms with Gasteiger partial charge in [-0.3, -0.25) is 4.79 Å². The molecule has 2 N–H and O–H groups in total. The normalized spacial score (nSPS) is 13.0. The largest absolute Gasteiger partial charge is 0.468 e. The number of nitrogens with one attached hydrogen (secondary N) is 2. The van der Waals surface area contributed by atoms with E-state index in [1.165, 1.54) is 12.7 Å². The van der Waals surface area contributed by atoms with Crippen LogP contribution < -0.4 is 10.6 Å². The van der Waals surface area contributed by atoms with Crippen molar-refractivity contribution in [2.24, 2.45) is 0 Å². The Morgan fingerprint density at radius 2 is 1.65 bits per heavy atom. The molecule has 8 heteroatoms. The molecule has 0 aliphatic heterocycles. The van der Waals surface area contributed by atoms with Gasteiger partial charge in [0.25, 0.3) is 0 Å². The van der Waals surface area contributed by atoms with E-state index in [0.29, 0.717) is 25.9 Å². The maximum absolute atomic E-state index is 12.7. The second-order valence-electron chi connectivity index (χ2n) is 10.9. The van der Waals surface area contributed by atoms with E-state index in [0.717, 1.165) is 22.0 Å². The molecular formula is C32H38N4O4. The molecular weight excluding hydrogens is 504 g/mol. The average molecular weight is 543 g/mol. The summed E-state index contributed by atoms with van der Waals surface area (Å²) in [6.45, 7) is 6.50. The molecule has 210 valence electrons. The smallest absolute Gasteiger partial charge is 0.407 e. The summed E-state index contributed by atoms with van der Waals surface area (Å²) in [7, 11) is 1.37. The molecule has 0 saturated carbocycles. The maximum atomic E-state index is 12.7. The minimum absolute atomic E-state index is 0.330. The molecule has 4 rings (SSSR count). The number of amides is 1. The Morgan fingerprint density at radius 1 is 0.925 bits per heavy atom. The lowest BCUT2D eigenvalue weighted by molar-refractivity contribution is -0.143. The van der Waals surface area contributed by atoms with Gasteiger partial charge in [0.1, 0.15) is 11.6 Å². The summed E-state index contributed by atoms with van der Waals surface area (Å²) in [4.78, 5) is 29.9. The first kappa shape index (κ1) is 28.8. The predicted octanol–water partition coefficient (Wildman–Crippen LogP) is 4.89. The predicted molar refractivity (Wildman–Crippen MR) is 156 cm³/mol. The number of imidazole rings is 1. The topological polar surface area (TPSA) is 94.5 Å². The van der Waals surface area contributed by atoms with Crippen molar-refractivity contribution in [2.75, 3.05) is 13.7 Å². The molecule has 1 heterocycles. The molecule has 1 aromatic heterocycles. The number of hydrogen-bond donors (Lipinski definition) is 2. The fourth-order valence-corrected chi connectivity index (χ4v) is 4.57. The quantitative estimate of drug-likeness (QED) is 0.262. The number of rotatable bonds is 11. The molecule has 40 heavy (non-hydrogen) atoms. The fourth-order valence-electron chi connectivity index (χ4n) is 4.57. The minimum atomic E-state index is -0.635. The van der Waals surface area contributed by atoms with Crippen LogP contribution in [0.5, 0.6) is 0 Å². The van der Waals surface area contributed by atoms with Gasteiger partial charge >= 0.3 is 12.1 Å². The summed E-state index contributed by atoms with van der Waals surface area (Å²) in [5, 5.41) is 8.57. The van der Waals surface area contributed by atoms with E-state index in [2.05, 4.69) is 58.1 Å². The van der Waals surface area contributed by atoms with Crippen molar-refractivity contribution < 1.29 is 19.1 Å². The van der Waals surface area contributed by atoms with E-state index in [-0.39, 0.29) is 12.0 Å². The fraction of sp³-hybridized carbons (Fsp3) is 0.344. The van der Waals surface area contributed by atoms with Gasteiger partial charge in [0, 0.05) is 31.7 Å². The lowest BCUT2D eigenvalue weighted by Crippen LogP contribution is -2.50. The number of aromatic nitrogens is 2. The van der Waals surface area contributed by atoms with Crippen molar-refractivity contribution in [3.63, 3.8) is 0 Å². The Morgan fingerprint density at radius 3 is 2.38 bits per heavy atom. The van der Waals surface area contributed by atoms with Crippen molar-refractivity contribution in [2.45, 2.75) is 57.8 Å². The number of benzene rings is 3. The molecule has 0 fully saturated rings. The lowest BCUT2D eigenvalue weighted by Gasteiger charge is -2.25. The van der Waals surface area contributed by atoms with Crippen molar-refractivity contribution in [1.82, 2.24) is 20.2 Å². The van der Waals surface area contributed by atoms with Crippen molar-refractivity contribution in [3.8, 4) is 0 Å². The molecule has 1 amide bonds. The molecule has 0 spiro atoms. The first-order valence-electron chi connectivity index (χ1n) is 13.5. The number of nitrogens with zero attached hydrogens (tertiary/aromatic N) is 2. The summed E-state index contributed by atoms with van der Waals surface area (Å²) in [6, 6.07) is 23.6. The Kier molecular flexibility index (Phi) is 9.56. The number of esters is 1. The van der Waals surface area contributed by atoms with Crippen LogP contribution in [-0.4, -0.2) is 53.0 Å². The second-order valence-corrected chi connectivity index (χ2v) is 10.9. The molecule has 8 nitrogen and oxygen atoms in total. The van der Waals surface area contributed by atoms with E-state index in [1.54, 1.807) is 6.33 Å². The highest BCUT2D eigenvalue weighted by molar-refractivity contribution is 5.83. The third-order valence-electron chi connectivity index (χ3n) is 6.42. The number of methoxy groups -OCH3 is 1. The summed E-state index contributed by atoms with van der Waals surface area (Å²) in [5.41, 5.74) is 2.37. The summed E-state index contributed by atoms with van der Waals surface area (Å²) in [6.07, 6.45) is 4.11. The molecule has 2 atom stereocenters. The third-order valence-corrected chi connectivity index (χ3v) is 6.42. The zero-order chi connectivity index (χ0) is 28.5. The average Bonchev–Trinajstić information content (AvgIpc) is 3.36. The van der Waals surface area contributed by atoms with Gasteiger partial charge in [-0.25, -0.2) is 9.78 Å². The first-order valence-corrected chi connectivity index (χ1v) is 13.5. The molecule has 0 radical (unpaired) electrons. The van der Waals surface area contributed by atoms with E-state index in [1.807, 2.05) is 61.9 Å². The highest BCUT2D eigenvalue weighted by atomic mass is 16.6. The van der Waals surface area contributed by atoms with Crippen LogP contribution in [0.3, 0.4) is 0 Å². The van der Waals surface area contributed by atoms with Crippen LogP contribution in [-0.2, 0) is 33.7 Å². The van der Waals surface area contributed by atoms with E-state index >= 15 is 0 Å². The Balaban J connectivity index is 1.45. The molecule has 0 aliphatic carbocycles. The van der Waals surface area contributed by atoms with Crippen molar-refractivity contribution in [1.29, 1.82) is 0 Å². The van der Waals surface area contributed by atoms with Gasteiger partial charge in [-0.05, 0) is 49.1 Å². The molecule has 0 aliphatic rings. The maximum Gasteiger partial charge on any atom is 0.407 e. The van der Waals surface area contributed by atoms with Gasteiger partial charge in [0.15, 0.2) is 0 Å². The lowest BCUT2D eigenvalue weighted by atomic mass is 10.0. The van der Waals surface area contributed by atoms with Crippen molar-refractivity contribution in [3.05, 3.63) is 102 Å². The van der Waals surface area contributed by atoms with Crippen molar-refractivity contribution >= 4 is 22.8 Å². The van der Waals surface area contributed by atoms with Gasteiger partial charge in [0.2, 0.25) is 0 Å². The zero-order valence-corrected chi connectivity index (χ0v) is 23.6. The number of alkyl carbamates (subject to hydrolysis) is 1. The summed E-state index contributed by atoms with van der Waals surface area (Å²) < 4.78 is 12.6. The van der Waals surface area contributed by atoms with Crippen LogP contribution in [0, 0.1) is 0 Å². The number of hydrogen-bond acceptors (Lipinski definition) is 6. The van der Waals surface area contributed by atoms with Crippen LogP contribution in [0.1, 0.15) is 37.6 Å². The van der Waals surface area contributed by atoms with Gasteiger partial charge in [-0.1, -0.05) is 72.8 Å². The van der Waals surface area contributed by atoms with Gasteiger partial charge in [0.05, 0.1) is 19.1 Å². The van der Waals surface area contributed by atoms with Gasteiger partial charge < -0.3 is 24.7 Å².